The van der Waals surface area contributed by atoms with Crippen molar-refractivity contribution in [1.29, 1.82) is 0 Å². The van der Waals surface area contributed by atoms with Crippen LogP contribution in [-0.4, -0.2) is 0 Å². The molecule has 114 valence electrons. The fraction of sp³-hybridized carbons (Fsp3) is 0.125. The summed E-state index contributed by atoms with van der Waals surface area (Å²) in [7, 11) is 0. The van der Waals surface area contributed by atoms with E-state index in [-0.39, 0.29) is 12.2 Å². The summed E-state index contributed by atoms with van der Waals surface area (Å²) in [4.78, 5) is 0. The maximum absolute atomic E-state index is 12.9. The van der Waals surface area contributed by atoms with Crippen LogP contribution in [0.15, 0.2) is 63.8 Å². The first-order chi connectivity index (χ1) is 10.5. The average molecular weight is 308 g/mol. The molecule has 0 aliphatic heterocycles. The number of ether oxygens (including phenoxy) is 1. The molecular formula is C16H11F3O3. The van der Waals surface area contributed by atoms with Gasteiger partial charge in [0.2, 0.25) is 0 Å². The first-order valence-corrected chi connectivity index (χ1v) is 6.44. The van der Waals surface area contributed by atoms with E-state index in [1.807, 2.05) is 0 Å². The van der Waals surface area contributed by atoms with Gasteiger partial charge in [-0.1, -0.05) is 0 Å². The molecule has 0 aliphatic rings. The standard InChI is InChI=1S/C16H11F3O3/c17-16(18,19)11-5-6-15(22-10-12-3-1-7-20-12)13(9-11)14-4-2-8-21-14/h1-9H,10H2. The first-order valence-electron chi connectivity index (χ1n) is 6.44. The highest BCUT2D eigenvalue weighted by atomic mass is 19.4. The van der Waals surface area contributed by atoms with Gasteiger partial charge in [-0.25, -0.2) is 0 Å². The molecular weight excluding hydrogens is 297 g/mol. The Morgan fingerprint density at radius 3 is 2.36 bits per heavy atom. The molecule has 0 amide bonds. The van der Waals surface area contributed by atoms with E-state index in [0.29, 0.717) is 17.3 Å². The SMILES string of the molecule is FC(F)(F)c1ccc(OCc2ccco2)c(-c2ccco2)c1. The van der Waals surface area contributed by atoms with Crippen LogP contribution in [0.25, 0.3) is 11.3 Å². The van der Waals surface area contributed by atoms with Gasteiger partial charge in [0.25, 0.3) is 0 Å². The number of halogens is 3. The Morgan fingerprint density at radius 2 is 1.73 bits per heavy atom. The number of hydrogen-bond donors (Lipinski definition) is 0. The Balaban J connectivity index is 1.94. The number of benzene rings is 1. The van der Waals surface area contributed by atoms with Gasteiger partial charge < -0.3 is 13.6 Å². The van der Waals surface area contributed by atoms with Crippen LogP contribution < -0.4 is 4.74 Å². The monoisotopic (exact) mass is 308 g/mol. The molecule has 0 saturated heterocycles. The van der Waals surface area contributed by atoms with E-state index in [1.54, 1.807) is 24.3 Å². The quantitative estimate of drug-likeness (QED) is 0.669. The molecule has 0 radical (unpaired) electrons. The molecule has 0 aliphatic carbocycles. The summed E-state index contributed by atoms with van der Waals surface area (Å²) < 4.78 is 54.5. The van der Waals surface area contributed by atoms with Crippen molar-refractivity contribution in [2.75, 3.05) is 0 Å². The van der Waals surface area contributed by atoms with Crippen molar-refractivity contribution < 1.29 is 26.7 Å². The minimum absolute atomic E-state index is 0.117. The predicted octanol–water partition coefficient (Wildman–Crippen LogP) is 5.14. The molecule has 1 aromatic carbocycles. The maximum atomic E-state index is 12.9. The lowest BCUT2D eigenvalue weighted by molar-refractivity contribution is -0.137. The molecule has 3 aromatic rings. The lowest BCUT2D eigenvalue weighted by atomic mass is 10.1. The Morgan fingerprint density at radius 1 is 0.955 bits per heavy atom. The van der Waals surface area contributed by atoms with Gasteiger partial charge in [0.05, 0.1) is 23.7 Å². The van der Waals surface area contributed by atoms with Crippen molar-refractivity contribution in [3.8, 4) is 17.1 Å². The van der Waals surface area contributed by atoms with E-state index >= 15 is 0 Å². The van der Waals surface area contributed by atoms with E-state index < -0.39 is 11.7 Å². The second-order valence-electron chi connectivity index (χ2n) is 4.55. The zero-order valence-electron chi connectivity index (χ0n) is 11.3. The van der Waals surface area contributed by atoms with Crippen molar-refractivity contribution in [3.63, 3.8) is 0 Å². The maximum Gasteiger partial charge on any atom is 0.416 e. The second-order valence-corrected chi connectivity index (χ2v) is 4.55. The van der Waals surface area contributed by atoms with Crippen LogP contribution in [-0.2, 0) is 12.8 Å². The highest BCUT2D eigenvalue weighted by molar-refractivity contribution is 5.67. The third-order valence-electron chi connectivity index (χ3n) is 3.04. The van der Waals surface area contributed by atoms with Gasteiger partial charge in [0.15, 0.2) is 0 Å². The number of alkyl halides is 3. The van der Waals surface area contributed by atoms with Crippen LogP contribution in [0.2, 0.25) is 0 Å². The Hall–Kier alpha value is -2.63. The molecule has 0 spiro atoms. The van der Waals surface area contributed by atoms with Crippen LogP contribution in [0, 0.1) is 0 Å². The minimum Gasteiger partial charge on any atom is -0.485 e. The highest BCUT2D eigenvalue weighted by Crippen LogP contribution is 2.37. The van der Waals surface area contributed by atoms with Gasteiger partial charge in [-0.3, -0.25) is 0 Å². The van der Waals surface area contributed by atoms with Crippen molar-refractivity contribution in [1.82, 2.24) is 0 Å². The highest BCUT2D eigenvalue weighted by Gasteiger charge is 2.31. The van der Waals surface area contributed by atoms with Gasteiger partial charge in [0, 0.05) is 0 Å². The van der Waals surface area contributed by atoms with Crippen molar-refractivity contribution in [2.24, 2.45) is 0 Å². The summed E-state index contributed by atoms with van der Waals surface area (Å²) in [6, 6.07) is 9.88. The fourth-order valence-corrected chi connectivity index (χ4v) is 2.00. The Bertz CT molecular complexity index is 729. The smallest absolute Gasteiger partial charge is 0.416 e. The van der Waals surface area contributed by atoms with Crippen molar-refractivity contribution >= 4 is 0 Å². The third kappa shape index (κ3) is 3.00. The molecule has 0 unspecified atom stereocenters. The van der Waals surface area contributed by atoms with E-state index in [4.69, 9.17) is 13.6 Å². The summed E-state index contributed by atoms with van der Waals surface area (Å²) in [6.07, 6.45) is -1.54. The summed E-state index contributed by atoms with van der Waals surface area (Å²) >= 11 is 0. The van der Waals surface area contributed by atoms with E-state index in [2.05, 4.69) is 0 Å². The van der Waals surface area contributed by atoms with Crippen LogP contribution >= 0.6 is 0 Å². The van der Waals surface area contributed by atoms with Crippen LogP contribution in [0.3, 0.4) is 0 Å². The molecule has 3 nitrogen and oxygen atoms in total. The van der Waals surface area contributed by atoms with E-state index in [1.165, 1.54) is 18.6 Å². The van der Waals surface area contributed by atoms with Crippen LogP contribution in [0.4, 0.5) is 13.2 Å². The minimum atomic E-state index is -4.43. The third-order valence-corrected chi connectivity index (χ3v) is 3.04. The van der Waals surface area contributed by atoms with Gasteiger partial charge >= 0.3 is 6.18 Å². The van der Waals surface area contributed by atoms with Crippen molar-refractivity contribution in [3.05, 3.63) is 66.3 Å². The molecule has 2 aromatic heterocycles. The predicted molar refractivity (Wildman–Crippen MR) is 72.2 cm³/mol. The normalized spacial score (nSPS) is 11.6. The van der Waals surface area contributed by atoms with Gasteiger partial charge in [0.1, 0.15) is 23.9 Å². The topological polar surface area (TPSA) is 35.5 Å². The van der Waals surface area contributed by atoms with Crippen LogP contribution in [0.1, 0.15) is 11.3 Å². The molecule has 22 heavy (non-hydrogen) atoms. The molecule has 0 fully saturated rings. The second kappa shape index (κ2) is 5.63. The molecule has 0 saturated carbocycles. The zero-order valence-corrected chi connectivity index (χ0v) is 11.3. The first kappa shape index (κ1) is 14.3. The van der Waals surface area contributed by atoms with Crippen LogP contribution in [0.5, 0.6) is 5.75 Å². The summed E-state index contributed by atoms with van der Waals surface area (Å²) in [5, 5.41) is 0. The van der Waals surface area contributed by atoms with E-state index in [9.17, 15) is 13.2 Å². The molecule has 0 N–H and O–H groups in total. The van der Waals surface area contributed by atoms with E-state index in [0.717, 1.165) is 12.1 Å². The van der Waals surface area contributed by atoms with Gasteiger partial charge in [-0.05, 0) is 42.5 Å². The molecule has 6 heteroatoms. The lowest BCUT2D eigenvalue weighted by Gasteiger charge is -2.13. The van der Waals surface area contributed by atoms with Gasteiger partial charge in [-0.2, -0.15) is 13.2 Å². The summed E-state index contributed by atoms with van der Waals surface area (Å²) in [5.41, 5.74) is -0.518. The molecule has 3 rings (SSSR count). The fourth-order valence-electron chi connectivity index (χ4n) is 2.00. The molecule has 0 bridgehead atoms. The molecule has 2 heterocycles. The Kier molecular flexibility index (Phi) is 3.66. The zero-order chi connectivity index (χ0) is 15.6. The summed E-state index contributed by atoms with van der Waals surface area (Å²) in [5.74, 6) is 1.17. The summed E-state index contributed by atoms with van der Waals surface area (Å²) in [6.45, 7) is 0.117. The number of rotatable bonds is 4. The molecule has 0 atom stereocenters. The number of hydrogen-bond acceptors (Lipinski definition) is 3. The van der Waals surface area contributed by atoms with Gasteiger partial charge in [-0.15, -0.1) is 0 Å². The number of furan rings is 2. The van der Waals surface area contributed by atoms with Crippen molar-refractivity contribution in [2.45, 2.75) is 12.8 Å². The average Bonchev–Trinajstić information content (AvgIpc) is 3.17. The Labute approximate surface area is 123 Å². The lowest BCUT2D eigenvalue weighted by Crippen LogP contribution is -2.05. The largest absolute Gasteiger partial charge is 0.485 e.